The highest BCUT2D eigenvalue weighted by atomic mass is 16.6. The third-order valence-electron chi connectivity index (χ3n) is 5.36. The van der Waals surface area contributed by atoms with Crippen LogP contribution in [-0.2, 0) is 11.2 Å². The first-order valence-electron chi connectivity index (χ1n) is 11.1. The standard InChI is InChI=1S/C27H23N3O4/c31-25(14-12-20-11-13-23-24(18-20)33-16-15-32-23)28-22(17-19-7-3-1-4-8-19)27-29-26(30-34-27)21-9-5-2-6-10-21/h1-14,18,22H,15-17H2,(H,28,31)/b14-12+. The number of carbonyl (C=O) groups is 1. The maximum Gasteiger partial charge on any atom is 0.249 e. The summed E-state index contributed by atoms with van der Waals surface area (Å²) >= 11 is 0. The van der Waals surface area contributed by atoms with Gasteiger partial charge in [0, 0.05) is 18.1 Å². The summed E-state index contributed by atoms with van der Waals surface area (Å²) in [7, 11) is 0. The monoisotopic (exact) mass is 453 g/mol. The van der Waals surface area contributed by atoms with Crippen molar-refractivity contribution < 1.29 is 18.8 Å². The number of nitrogens with one attached hydrogen (secondary N) is 1. The number of ether oxygens (including phenoxy) is 2. The van der Waals surface area contributed by atoms with Crippen LogP contribution in [0.25, 0.3) is 17.5 Å². The highest BCUT2D eigenvalue weighted by molar-refractivity contribution is 5.92. The van der Waals surface area contributed by atoms with Crippen LogP contribution in [0.15, 0.2) is 89.5 Å². The van der Waals surface area contributed by atoms with Gasteiger partial charge in [-0.15, -0.1) is 0 Å². The van der Waals surface area contributed by atoms with Crippen molar-refractivity contribution in [3.05, 3.63) is 102 Å². The summed E-state index contributed by atoms with van der Waals surface area (Å²) in [5.74, 6) is 1.95. The smallest absolute Gasteiger partial charge is 0.249 e. The van der Waals surface area contributed by atoms with Crippen molar-refractivity contribution in [2.45, 2.75) is 12.5 Å². The second kappa shape index (κ2) is 10.0. The molecule has 0 radical (unpaired) electrons. The average Bonchev–Trinajstić information content (AvgIpc) is 3.39. The van der Waals surface area contributed by atoms with Gasteiger partial charge < -0.3 is 19.3 Å². The van der Waals surface area contributed by atoms with E-state index in [9.17, 15) is 4.79 Å². The number of aromatic nitrogens is 2. The van der Waals surface area contributed by atoms with Gasteiger partial charge in [-0.2, -0.15) is 4.98 Å². The van der Waals surface area contributed by atoms with Crippen LogP contribution in [0.2, 0.25) is 0 Å². The summed E-state index contributed by atoms with van der Waals surface area (Å²) in [4.78, 5) is 17.4. The number of carbonyl (C=O) groups excluding carboxylic acids is 1. The summed E-state index contributed by atoms with van der Waals surface area (Å²) in [6.07, 6.45) is 3.73. The maximum atomic E-state index is 12.8. The lowest BCUT2D eigenvalue weighted by Crippen LogP contribution is -2.28. The van der Waals surface area contributed by atoms with E-state index in [0.717, 1.165) is 16.7 Å². The van der Waals surface area contributed by atoms with Crippen molar-refractivity contribution >= 4 is 12.0 Å². The molecule has 2 heterocycles. The van der Waals surface area contributed by atoms with E-state index < -0.39 is 6.04 Å². The summed E-state index contributed by atoms with van der Waals surface area (Å²) in [5.41, 5.74) is 2.73. The number of nitrogens with zero attached hydrogens (tertiary/aromatic N) is 2. The lowest BCUT2D eigenvalue weighted by Gasteiger charge is -2.18. The van der Waals surface area contributed by atoms with Gasteiger partial charge in [0.15, 0.2) is 11.5 Å². The molecule has 0 fully saturated rings. The molecule has 7 heteroatoms. The number of benzene rings is 3. The van der Waals surface area contributed by atoms with Gasteiger partial charge in [-0.05, 0) is 29.3 Å². The number of hydrogen-bond acceptors (Lipinski definition) is 6. The second-order valence-electron chi connectivity index (χ2n) is 7.81. The Morgan fingerprint density at radius 3 is 2.47 bits per heavy atom. The van der Waals surface area contributed by atoms with Gasteiger partial charge in [-0.1, -0.05) is 71.9 Å². The van der Waals surface area contributed by atoms with Gasteiger partial charge in [0.2, 0.25) is 17.6 Å². The van der Waals surface area contributed by atoms with Gasteiger partial charge in [0.05, 0.1) is 0 Å². The lowest BCUT2D eigenvalue weighted by molar-refractivity contribution is -0.117. The number of fused-ring (bicyclic) bond motifs is 1. The predicted molar refractivity (Wildman–Crippen MR) is 127 cm³/mol. The largest absolute Gasteiger partial charge is 0.486 e. The molecular formula is C27H23N3O4. The van der Waals surface area contributed by atoms with E-state index in [-0.39, 0.29) is 5.91 Å². The molecule has 1 aliphatic rings. The molecule has 34 heavy (non-hydrogen) atoms. The van der Waals surface area contributed by atoms with Gasteiger partial charge >= 0.3 is 0 Å². The Balaban J connectivity index is 1.34. The zero-order valence-corrected chi connectivity index (χ0v) is 18.4. The van der Waals surface area contributed by atoms with Crippen LogP contribution >= 0.6 is 0 Å². The minimum absolute atomic E-state index is 0.268. The van der Waals surface area contributed by atoms with E-state index in [1.165, 1.54) is 6.08 Å². The number of rotatable bonds is 7. The van der Waals surface area contributed by atoms with Crippen LogP contribution in [-0.4, -0.2) is 29.3 Å². The van der Waals surface area contributed by atoms with Crippen LogP contribution in [0.1, 0.15) is 23.1 Å². The first-order chi connectivity index (χ1) is 16.7. The topological polar surface area (TPSA) is 86.5 Å². The van der Waals surface area contributed by atoms with Crippen molar-refractivity contribution in [3.8, 4) is 22.9 Å². The molecule has 7 nitrogen and oxygen atoms in total. The fraction of sp³-hybridized carbons (Fsp3) is 0.148. The van der Waals surface area contributed by atoms with Crippen molar-refractivity contribution in [1.29, 1.82) is 0 Å². The van der Waals surface area contributed by atoms with Crippen molar-refractivity contribution in [2.24, 2.45) is 0 Å². The normalized spacial score (nSPS) is 13.5. The average molecular weight is 453 g/mol. The van der Waals surface area contributed by atoms with E-state index in [0.29, 0.717) is 42.8 Å². The zero-order valence-electron chi connectivity index (χ0n) is 18.4. The Labute approximate surface area is 197 Å². The van der Waals surface area contributed by atoms with Gasteiger partial charge in [-0.3, -0.25) is 4.79 Å². The summed E-state index contributed by atoms with van der Waals surface area (Å²) < 4.78 is 16.7. The molecular weight excluding hydrogens is 430 g/mol. The molecule has 1 N–H and O–H groups in total. The summed E-state index contributed by atoms with van der Waals surface area (Å²) in [6.45, 7) is 1.05. The highest BCUT2D eigenvalue weighted by Gasteiger charge is 2.22. The molecule has 1 amide bonds. The molecule has 0 aliphatic carbocycles. The second-order valence-corrected chi connectivity index (χ2v) is 7.81. The number of hydrogen-bond donors (Lipinski definition) is 1. The van der Waals surface area contributed by atoms with E-state index in [1.807, 2.05) is 78.9 Å². The minimum Gasteiger partial charge on any atom is -0.486 e. The van der Waals surface area contributed by atoms with Crippen LogP contribution in [0, 0.1) is 0 Å². The lowest BCUT2D eigenvalue weighted by atomic mass is 10.1. The molecule has 0 saturated carbocycles. The third kappa shape index (κ3) is 5.15. The Kier molecular flexibility index (Phi) is 6.34. The molecule has 1 atom stereocenters. The van der Waals surface area contributed by atoms with E-state index >= 15 is 0 Å². The molecule has 1 aliphatic heterocycles. The molecule has 3 aromatic carbocycles. The zero-order chi connectivity index (χ0) is 23.2. The Hall–Kier alpha value is -4.39. The SMILES string of the molecule is O=C(/C=C/c1ccc2c(c1)OCCO2)NC(Cc1ccccc1)c1nc(-c2ccccc2)no1. The Morgan fingerprint density at radius 2 is 1.68 bits per heavy atom. The Morgan fingerprint density at radius 1 is 0.941 bits per heavy atom. The molecule has 0 bridgehead atoms. The molecule has 170 valence electrons. The molecule has 4 aromatic rings. The van der Waals surface area contributed by atoms with E-state index in [4.69, 9.17) is 14.0 Å². The van der Waals surface area contributed by atoms with Crippen LogP contribution in [0.5, 0.6) is 11.5 Å². The fourth-order valence-electron chi connectivity index (χ4n) is 3.69. The van der Waals surface area contributed by atoms with E-state index in [1.54, 1.807) is 6.08 Å². The molecule has 1 aromatic heterocycles. The Bertz CT molecular complexity index is 1290. The molecule has 5 rings (SSSR count). The van der Waals surface area contributed by atoms with Gasteiger partial charge in [0.1, 0.15) is 19.3 Å². The summed E-state index contributed by atoms with van der Waals surface area (Å²) in [6, 6.07) is 24.5. The quantitative estimate of drug-likeness (QED) is 0.411. The van der Waals surface area contributed by atoms with Crippen molar-refractivity contribution in [1.82, 2.24) is 15.5 Å². The molecule has 0 spiro atoms. The first-order valence-corrected chi connectivity index (χ1v) is 11.1. The maximum absolute atomic E-state index is 12.8. The number of amides is 1. The van der Waals surface area contributed by atoms with Gasteiger partial charge in [-0.25, -0.2) is 0 Å². The van der Waals surface area contributed by atoms with Crippen LogP contribution < -0.4 is 14.8 Å². The minimum atomic E-state index is -0.482. The van der Waals surface area contributed by atoms with Crippen molar-refractivity contribution in [2.75, 3.05) is 13.2 Å². The van der Waals surface area contributed by atoms with E-state index in [2.05, 4.69) is 15.5 Å². The molecule has 0 saturated heterocycles. The van der Waals surface area contributed by atoms with Crippen LogP contribution in [0.4, 0.5) is 0 Å². The third-order valence-corrected chi connectivity index (χ3v) is 5.36. The van der Waals surface area contributed by atoms with Crippen molar-refractivity contribution in [3.63, 3.8) is 0 Å². The van der Waals surface area contributed by atoms with Crippen LogP contribution in [0.3, 0.4) is 0 Å². The molecule has 1 unspecified atom stereocenters. The predicted octanol–water partition coefficient (Wildman–Crippen LogP) is 4.62. The highest BCUT2D eigenvalue weighted by Crippen LogP contribution is 2.31. The van der Waals surface area contributed by atoms with Gasteiger partial charge in [0.25, 0.3) is 0 Å². The fourth-order valence-corrected chi connectivity index (χ4v) is 3.69. The first kappa shape index (κ1) is 21.5. The summed E-state index contributed by atoms with van der Waals surface area (Å²) in [5, 5.41) is 7.11.